The molecule has 1 aliphatic heterocycles. The molecule has 0 bridgehead atoms. The van der Waals surface area contributed by atoms with Crippen LogP contribution in [0.15, 0.2) is 18.2 Å². The summed E-state index contributed by atoms with van der Waals surface area (Å²) in [5, 5.41) is 3.22. The Morgan fingerprint density at radius 2 is 1.85 bits per heavy atom. The standard InChI is InChI=1S/C20H30N2O3.ClH/c1-20(2,15-8-9-17-18(12-15)25-11-10-24-17)19(23)22-16(13-21)14-6-4-3-5-7-14;/h8-9,12,14,16H,3-7,10-11,13,21H2,1-2H3,(H,22,23);1H. The lowest BCUT2D eigenvalue weighted by Gasteiger charge is -2.33. The van der Waals surface area contributed by atoms with Crippen LogP contribution in [0.2, 0.25) is 0 Å². The fourth-order valence-corrected chi connectivity index (χ4v) is 3.82. The third-order valence-electron chi connectivity index (χ3n) is 5.62. The van der Waals surface area contributed by atoms with Crippen molar-refractivity contribution in [2.45, 2.75) is 57.4 Å². The highest BCUT2D eigenvalue weighted by atomic mass is 35.5. The molecule has 6 heteroatoms. The molecule has 1 heterocycles. The number of nitrogens with one attached hydrogen (secondary N) is 1. The largest absolute Gasteiger partial charge is 0.486 e. The summed E-state index contributed by atoms with van der Waals surface area (Å²) in [6.07, 6.45) is 6.09. The van der Waals surface area contributed by atoms with Gasteiger partial charge in [-0.3, -0.25) is 4.79 Å². The molecule has 0 spiro atoms. The second-order valence-electron chi connectivity index (χ2n) is 7.70. The van der Waals surface area contributed by atoms with Gasteiger partial charge in [0.2, 0.25) is 5.91 Å². The molecule has 146 valence electrons. The molecule has 2 aliphatic rings. The van der Waals surface area contributed by atoms with Crippen LogP contribution in [0.25, 0.3) is 0 Å². The molecule has 3 rings (SSSR count). The molecular formula is C20H31ClN2O3. The Balaban J connectivity index is 0.00000243. The molecule has 1 aromatic rings. The minimum Gasteiger partial charge on any atom is -0.486 e. The summed E-state index contributed by atoms with van der Waals surface area (Å²) in [6, 6.07) is 5.82. The van der Waals surface area contributed by atoms with Crippen molar-refractivity contribution >= 4 is 18.3 Å². The number of hydrogen-bond donors (Lipinski definition) is 2. The summed E-state index contributed by atoms with van der Waals surface area (Å²) in [7, 11) is 0. The zero-order valence-corrected chi connectivity index (χ0v) is 16.6. The van der Waals surface area contributed by atoms with Gasteiger partial charge in [-0.25, -0.2) is 0 Å². The van der Waals surface area contributed by atoms with Crippen LogP contribution in [0.4, 0.5) is 0 Å². The average molecular weight is 383 g/mol. The van der Waals surface area contributed by atoms with Gasteiger partial charge in [-0.15, -0.1) is 12.4 Å². The Morgan fingerprint density at radius 1 is 1.19 bits per heavy atom. The van der Waals surface area contributed by atoms with E-state index in [0.717, 1.165) is 24.2 Å². The maximum absolute atomic E-state index is 13.0. The number of benzene rings is 1. The maximum atomic E-state index is 13.0. The van der Waals surface area contributed by atoms with Crippen molar-refractivity contribution in [3.05, 3.63) is 23.8 Å². The van der Waals surface area contributed by atoms with Gasteiger partial charge < -0.3 is 20.5 Å². The molecule has 3 N–H and O–H groups in total. The zero-order chi connectivity index (χ0) is 17.9. The van der Waals surface area contributed by atoms with Crippen molar-refractivity contribution in [3.8, 4) is 11.5 Å². The fraction of sp³-hybridized carbons (Fsp3) is 0.650. The predicted octanol–water partition coefficient (Wildman–Crippen LogP) is 3.18. The van der Waals surface area contributed by atoms with E-state index in [4.69, 9.17) is 15.2 Å². The second-order valence-corrected chi connectivity index (χ2v) is 7.70. The van der Waals surface area contributed by atoms with Crippen LogP contribution < -0.4 is 20.5 Å². The van der Waals surface area contributed by atoms with E-state index in [9.17, 15) is 4.79 Å². The molecule has 1 unspecified atom stereocenters. The van der Waals surface area contributed by atoms with E-state index in [0.29, 0.717) is 31.4 Å². The van der Waals surface area contributed by atoms with Gasteiger partial charge in [0.05, 0.1) is 5.41 Å². The number of amides is 1. The highest BCUT2D eigenvalue weighted by molar-refractivity contribution is 5.87. The quantitative estimate of drug-likeness (QED) is 0.820. The van der Waals surface area contributed by atoms with Crippen molar-refractivity contribution in [2.24, 2.45) is 11.7 Å². The lowest BCUT2D eigenvalue weighted by atomic mass is 9.81. The van der Waals surface area contributed by atoms with Gasteiger partial charge in [0.15, 0.2) is 11.5 Å². The molecule has 1 aliphatic carbocycles. The van der Waals surface area contributed by atoms with Gasteiger partial charge in [0, 0.05) is 12.6 Å². The summed E-state index contributed by atoms with van der Waals surface area (Å²) in [6.45, 7) is 5.49. The highest BCUT2D eigenvalue weighted by Gasteiger charge is 2.34. The number of halogens is 1. The number of ether oxygens (including phenoxy) is 2. The number of rotatable bonds is 5. The average Bonchev–Trinajstić information content (AvgIpc) is 2.66. The van der Waals surface area contributed by atoms with Crippen molar-refractivity contribution in [3.63, 3.8) is 0 Å². The van der Waals surface area contributed by atoms with Crippen molar-refractivity contribution in [1.82, 2.24) is 5.32 Å². The Hall–Kier alpha value is -1.46. The first-order chi connectivity index (χ1) is 12.0. The van der Waals surface area contributed by atoms with Gasteiger partial charge in [-0.1, -0.05) is 25.3 Å². The molecule has 1 fully saturated rings. The second kappa shape index (κ2) is 8.96. The monoisotopic (exact) mass is 382 g/mol. The molecule has 1 amide bonds. The molecule has 0 radical (unpaired) electrons. The molecule has 1 aromatic carbocycles. The van der Waals surface area contributed by atoms with E-state index >= 15 is 0 Å². The van der Waals surface area contributed by atoms with Crippen molar-refractivity contribution in [1.29, 1.82) is 0 Å². The van der Waals surface area contributed by atoms with Crippen molar-refractivity contribution in [2.75, 3.05) is 19.8 Å². The normalized spacial score (nSPS) is 18.6. The summed E-state index contributed by atoms with van der Waals surface area (Å²) < 4.78 is 11.2. The molecule has 1 saturated carbocycles. The number of carbonyl (C=O) groups is 1. The molecular weight excluding hydrogens is 352 g/mol. The Morgan fingerprint density at radius 3 is 2.50 bits per heavy atom. The van der Waals surface area contributed by atoms with Crippen LogP contribution in [0.1, 0.15) is 51.5 Å². The van der Waals surface area contributed by atoms with Crippen LogP contribution in [0.3, 0.4) is 0 Å². The molecule has 1 atom stereocenters. The Bertz CT molecular complexity index is 615. The highest BCUT2D eigenvalue weighted by Crippen LogP contribution is 2.35. The maximum Gasteiger partial charge on any atom is 0.230 e. The van der Waals surface area contributed by atoms with Gasteiger partial charge in [0.1, 0.15) is 13.2 Å². The van der Waals surface area contributed by atoms with E-state index < -0.39 is 5.41 Å². The van der Waals surface area contributed by atoms with Gasteiger partial charge in [0.25, 0.3) is 0 Å². The SMILES string of the molecule is CC(C)(C(=O)NC(CN)C1CCCCC1)c1ccc2c(c1)OCCO2.Cl. The lowest BCUT2D eigenvalue weighted by Crippen LogP contribution is -2.51. The van der Waals surface area contributed by atoms with E-state index in [2.05, 4.69) is 5.32 Å². The lowest BCUT2D eigenvalue weighted by molar-refractivity contribution is -0.126. The number of fused-ring (bicyclic) bond motifs is 1. The van der Waals surface area contributed by atoms with Crippen LogP contribution >= 0.6 is 12.4 Å². The minimum absolute atomic E-state index is 0. The Kier molecular flexibility index (Phi) is 7.18. The minimum atomic E-state index is -0.655. The smallest absolute Gasteiger partial charge is 0.230 e. The number of carbonyl (C=O) groups excluding carboxylic acids is 1. The van der Waals surface area contributed by atoms with E-state index in [1.54, 1.807) is 0 Å². The van der Waals surface area contributed by atoms with Crippen LogP contribution in [0.5, 0.6) is 11.5 Å². The molecule has 5 nitrogen and oxygen atoms in total. The molecule has 0 aromatic heterocycles. The Labute approximate surface area is 162 Å². The first-order valence-electron chi connectivity index (χ1n) is 9.43. The summed E-state index contributed by atoms with van der Waals surface area (Å²) in [4.78, 5) is 13.0. The molecule has 26 heavy (non-hydrogen) atoms. The number of nitrogens with two attached hydrogens (primary N) is 1. The van der Waals surface area contributed by atoms with E-state index in [1.807, 2.05) is 32.0 Å². The van der Waals surface area contributed by atoms with E-state index in [-0.39, 0.29) is 24.4 Å². The summed E-state index contributed by atoms with van der Waals surface area (Å²) in [5.74, 6) is 1.98. The third-order valence-corrected chi connectivity index (χ3v) is 5.62. The zero-order valence-electron chi connectivity index (χ0n) is 15.8. The topological polar surface area (TPSA) is 73.6 Å². The summed E-state index contributed by atoms with van der Waals surface area (Å²) in [5.41, 5.74) is 6.24. The van der Waals surface area contributed by atoms with Crippen LogP contribution in [-0.2, 0) is 10.2 Å². The van der Waals surface area contributed by atoms with Gasteiger partial charge in [-0.2, -0.15) is 0 Å². The van der Waals surface area contributed by atoms with Crippen LogP contribution in [0, 0.1) is 5.92 Å². The first kappa shape index (κ1) is 20.8. The summed E-state index contributed by atoms with van der Waals surface area (Å²) >= 11 is 0. The van der Waals surface area contributed by atoms with Gasteiger partial charge >= 0.3 is 0 Å². The number of hydrogen-bond acceptors (Lipinski definition) is 4. The van der Waals surface area contributed by atoms with Crippen LogP contribution in [-0.4, -0.2) is 31.7 Å². The fourth-order valence-electron chi connectivity index (χ4n) is 3.82. The molecule has 0 saturated heterocycles. The predicted molar refractivity (Wildman–Crippen MR) is 105 cm³/mol. The first-order valence-corrected chi connectivity index (χ1v) is 9.43. The van der Waals surface area contributed by atoms with E-state index in [1.165, 1.54) is 19.3 Å². The van der Waals surface area contributed by atoms with Gasteiger partial charge in [-0.05, 0) is 50.3 Å². The van der Waals surface area contributed by atoms with Crippen molar-refractivity contribution < 1.29 is 14.3 Å². The third kappa shape index (κ3) is 4.44.